The molecule has 0 saturated carbocycles. The molecule has 1 aromatic carbocycles. The summed E-state index contributed by atoms with van der Waals surface area (Å²) in [6, 6.07) is 6.50. The second-order valence-electron chi connectivity index (χ2n) is 3.58. The molecule has 0 radical (unpaired) electrons. The maximum Gasteiger partial charge on any atom is 0.0587 e. The van der Waals surface area contributed by atoms with Crippen molar-refractivity contribution in [3.05, 3.63) is 33.8 Å². The Morgan fingerprint density at radius 2 is 2.13 bits per heavy atom. The summed E-state index contributed by atoms with van der Waals surface area (Å²) in [5, 5.41) is 3.33. The standard InChI is InChI=1S/C12H18BrNO/c1-10-9-11(3-4-12(10)13)5-6-14-7-8-15-2/h3-4,9,14H,5-8H2,1-2H3. The van der Waals surface area contributed by atoms with Gasteiger partial charge in [-0.3, -0.25) is 0 Å². The molecule has 0 aromatic heterocycles. The first kappa shape index (κ1) is 12.7. The van der Waals surface area contributed by atoms with Crippen molar-refractivity contribution in [2.24, 2.45) is 0 Å². The first-order chi connectivity index (χ1) is 7.24. The van der Waals surface area contributed by atoms with Crippen LogP contribution in [0.5, 0.6) is 0 Å². The van der Waals surface area contributed by atoms with E-state index in [-0.39, 0.29) is 0 Å². The SMILES string of the molecule is COCCNCCc1ccc(Br)c(C)c1. The second-order valence-corrected chi connectivity index (χ2v) is 4.43. The Hall–Kier alpha value is -0.380. The van der Waals surface area contributed by atoms with Gasteiger partial charge in [0.1, 0.15) is 0 Å². The van der Waals surface area contributed by atoms with Gasteiger partial charge >= 0.3 is 0 Å². The number of aryl methyl sites for hydroxylation is 1. The van der Waals surface area contributed by atoms with Crippen LogP contribution in [-0.2, 0) is 11.2 Å². The van der Waals surface area contributed by atoms with Crippen LogP contribution in [0, 0.1) is 6.92 Å². The molecule has 0 heterocycles. The van der Waals surface area contributed by atoms with Crippen molar-refractivity contribution < 1.29 is 4.74 Å². The molecule has 0 aliphatic rings. The molecule has 1 aromatic rings. The highest BCUT2D eigenvalue weighted by Gasteiger charge is 1.97. The topological polar surface area (TPSA) is 21.3 Å². The predicted octanol–water partition coefficient (Wildman–Crippen LogP) is 2.54. The summed E-state index contributed by atoms with van der Waals surface area (Å²) in [4.78, 5) is 0. The third-order valence-corrected chi connectivity index (χ3v) is 3.19. The lowest BCUT2D eigenvalue weighted by Gasteiger charge is -2.06. The van der Waals surface area contributed by atoms with Crippen molar-refractivity contribution in [2.45, 2.75) is 13.3 Å². The van der Waals surface area contributed by atoms with E-state index in [1.807, 2.05) is 0 Å². The summed E-state index contributed by atoms with van der Waals surface area (Å²) in [6.45, 7) is 4.82. The van der Waals surface area contributed by atoms with Crippen LogP contribution in [0.15, 0.2) is 22.7 Å². The van der Waals surface area contributed by atoms with E-state index in [0.717, 1.165) is 26.1 Å². The number of nitrogens with one attached hydrogen (secondary N) is 1. The van der Waals surface area contributed by atoms with Crippen molar-refractivity contribution in [2.75, 3.05) is 26.8 Å². The van der Waals surface area contributed by atoms with Gasteiger partial charge < -0.3 is 10.1 Å². The molecule has 0 fully saturated rings. The van der Waals surface area contributed by atoms with Gasteiger partial charge in [-0.1, -0.05) is 28.1 Å². The Labute approximate surface area is 100 Å². The van der Waals surface area contributed by atoms with E-state index < -0.39 is 0 Å². The van der Waals surface area contributed by atoms with Crippen molar-refractivity contribution >= 4 is 15.9 Å². The number of benzene rings is 1. The zero-order chi connectivity index (χ0) is 11.1. The van der Waals surface area contributed by atoms with Crippen LogP contribution in [0.1, 0.15) is 11.1 Å². The van der Waals surface area contributed by atoms with E-state index in [1.165, 1.54) is 15.6 Å². The van der Waals surface area contributed by atoms with Crippen LogP contribution in [0.2, 0.25) is 0 Å². The fourth-order valence-corrected chi connectivity index (χ4v) is 1.64. The minimum absolute atomic E-state index is 0.777. The molecule has 1 N–H and O–H groups in total. The third-order valence-electron chi connectivity index (χ3n) is 2.30. The molecule has 0 aliphatic carbocycles. The van der Waals surface area contributed by atoms with Gasteiger partial charge in [0.15, 0.2) is 0 Å². The lowest BCUT2D eigenvalue weighted by Crippen LogP contribution is -2.21. The number of halogens is 1. The molecular formula is C12H18BrNO. The van der Waals surface area contributed by atoms with Crippen LogP contribution >= 0.6 is 15.9 Å². The summed E-state index contributed by atoms with van der Waals surface area (Å²) in [6.07, 6.45) is 1.07. The first-order valence-electron chi connectivity index (χ1n) is 5.18. The van der Waals surface area contributed by atoms with Gasteiger partial charge in [-0.15, -0.1) is 0 Å². The number of rotatable bonds is 6. The third kappa shape index (κ3) is 4.78. The molecule has 0 unspecified atom stereocenters. The number of methoxy groups -OCH3 is 1. The highest BCUT2D eigenvalue weighted by Crippen LogP contribution is 2.17. The quantitative estimate of drug-likeness (QED) is 0.803. The van der Waals surface area contributed by atoms with Gasteiger partial charge in [-0.05, 0) is 37.1 Å². The van der Waals surface area contributed by atoms with Gasteiger partial charge in [-0.25, -0.2) is 0 Å². The maximum absolute atomic E-state index is 4.96. The average molecular weight is 272 g/mol. The molecule has 0 amide bonds. The Morgan fingerprint density at radius 1 is 1.33 bits per heavy atom. The number of hydrogen-bond acceptors (Lipinski definition) is 2. The van der Waals surface area contributed by atoms with E-state index >= 15 is 0 Å². The summed E-state index contributed by atoms with van der Waals surface area (Å²) < 4.78 is 6.14. The van der Waals surface area contributed by atoms with Gasteiger partial charge in [-0.2, -0.15) is 0 Å². The molecule has 2 nitrogen and oxygen atoms in total. The van der Waals surface area contributed by atoms with Crippen molar-refractivity contribution in [3.63, 3.8) is 0 Å². The molecule has 1 rings (SSSR count). The Balaban J connectivity index is 2.28. The molecule has 0 bridgehead atoms. The lowest BCUT2D eigenvalue weighted by atomic mass is 10.1. The van der Waals surface area contributed by atoms with E-state index in [9.17, 15) is 0 Å². The minimum atomic E-state index is 0.777. The normalized spacial score (nSPS) is 10.6. The predicted molar refractivity (Wildman–Crippen MR) is 67.3 cm³/mol. The van der Waals surface area contributed by atoms with E-state index in [1.54, 1.807) is 7.11 Å². The molecule has 15 heavy (non-hydrogen) atoms. The minimum Gasteiger partial charge on any atom is -0.383 e. The summed E-state index contributed by atoms with van der Waals surface area (Å²) in [5.41, 5.74) is 2.67. The van der Waals surface area contributed by atoms with Gasteiger partial charge in [0.05, 0.1) is 6.61 Å². The lowest BCUT2D eigenvalue weighted by molar-refractivity contribution is 0.199. The Kier molecular flexibility index (Phi) is 5.91. The Bertz CT molecular complexity index is 302. The van der Waals surface area contributed by atoms with Crippen LogP contribution in [0.3, 0.4) is 0 Å². The summed E-state index contributed by atoms with van der Waals surface area (Å²) in [7, 11) is 1.72. The first-order valence-corrected chi connectivity index (χ1v) is 5.98. The van der Waals surface area contributed by atoms with E-state index in [4.69, 9.17) is 4.74 Å². The number of hydrogen-bond donors (Lipinski definition) is 1. The van der Waals surface area contributed by atoms with Crippen molar-refractivity contribution in [1.82, 2.24) is 5.32 Å². The molecule has 84 valence electrons. The van der Waals surface area contributed by atoms with Crippen molar-refractivity contribution in [1.29, 1.82) is 0 Å². The summed E-state index contributed by atoms with van der Waals surface area (Å²) in [5.74, 6) is 0. The summed E-state index contributed by atoms with van der Waals surface area (Å²) >= 11 is 3.50. The molecule has 0 spiro atoms. The van der Waals surface area contributed by atoms with Crippen LogP contribution < -0.4 is 5.32 Å². The zero-order valence-corrected chi connectivity index (χ0v) is 10.9. The second kappa shape index (κ2) is 6.99. The fourth-order valence-electron chi connectivity index (χ4n) is 1.39. The molecule has 0 saturated heterocycles. The molecular weight excluding hydrogens is 254 g/mol. The van der Waals surface area contributed by atoms with Crippen LogP contribution in [0.4, 0.5) is 0 Å². The monoisotopic (exact) mass is 271 g/mol. The average Bonchev–Trinajstić information content (AvgIpc) is 2.23. The smallest absolute Gasteiger partial charge is 0.0587 e. The fraction of sp³-hybridized carbons (Fsp3) is 0.500. The van der Waals surface area contributed by atoms with Crippen molar-refractivity contribution in [3.8, 4) is 0 Å². The van der Waals surface area contributed by atoms with E-state index in [2.05, 4.69) is 46.4 Å². The highest BCUT2D eigenvalue weighted by atomic mass is 79.9. The van der Waals surface area contributed by atoms with Gasteiger partial charge in [0.2, 0.25) is 0 Å². The number of ether oxygens (including phenoxy) is 1. The van der Waals surface area contributed by atoms with Gasteiger partial charge in [0, 0.05) is 18.1 Å². The van der Waals surface area contributed by atoms with Gasteiger partial charge in [0.25, 0.3) is 0 Å². The molecule has 0 atom stereocenters. The molecule has 0 aliphatic heterocycles. The van der Waals surface area contributed by atoms with Crippen LogP contribution in [0.25, 0.3) is 0 Å². The van der Waals surface area contributed by atoms with Crippen LogP contribution in [-0.4, -0.2) is 26.8 Å². The highest BCUT2D eigenvalue weighted by molar-refractivity contribution is 9.10. The Morgan fingerprint density at radius 3 is 2.80 bits per heavy atom. The zero-order valence-electron chi connectivity index (χ0n) is 9.35. The largest absolute Gasteiger partial charge is 0.383 e. The molecule has 3 heteroatoms. The van der Waals surface area contributed by atoms with E-state index in [0.29, 0.717) is 0 Å². The maximum atomic E-state index is 4.96.